The van der Waals surface area contributed by atoms with Gasteiger partial charge in [-0.25, -0.2) is 0 Å². The smallest absolute Gasteiger partial charge is 0.132 e. The van der Waals surface area contributed by atoms with Gasteiger partial charge in [-0.05, 0) is 58.7 Å². The minimum atomic E-state index is -0.0256. The Morgan fingerprint density at radius 2 is 0.673 bits per heavy atom. The highest BCUT2D eigenvalue weighted by atomic mass is 16.3. The van der Waals surface area contributed by atoms with Crippen molar-refractivity contribution in [2.45, 2.75) is 259 Å². The van der Waals surface area contributed by atoms with E-state index < -0.39 is 0 Å². The molecule has 0 saturated carbocycles. The number of ketones is 1. The number of aliphatic hydroxyl groups excluding tert-OH is 1. The lowest BCUT2D eigenvalue weighted by molar-refractivity contribution is -0.119. The van der Waals surface area contributed by atoms with Gasteiger partial charge < -0.3 is 14.8 Å². The Morgan fingerprint density at radius 3 is 0.980 bits per heavy atom. The second kappa shape index (κ2) is 49.4. The molecule has 0 aromatic carbocycles. The molecule has 0 spiro atoms. The minimum Gasteiger partial charge on any atom is -0.393 e. The molecule has 0 aliphatic rings. The number of aliphatic hydroxyl groups is 1. The van der Waals surface area contributed by atoms with E-state index in [9.17, 15) is 9.90 Å². The molecule has 4 nitrogen and oxygen atoms in total. The van der Waals surface area contributed by atoms with Crippen LogP contribution < -0.4 is 0 Å². The van der Waals surface area contributed by atoms with Crippen LogP contribution in [0.25, 0.3) is 0 Å². The summed E-state index contributed by atoms with van der Waals surface area (Å²) in [6, 6.07) is 0. The Balaban J connectivity index is -0.000000906. The van der Waals surface area contributed by atoms with E-state index in [-0.39, 0.29) is 6.10 Å². The molecule has 0 rings (SSSR count). The molecule has 0 saturated heterocycles. The van der Waals surface area contributed by atoms with Crippen LogP contribution in [-0.2, 0) is 9.59 Å². The third kappa shape index (κ3) is 51.7. The van der Waals surface area contributed by atoms with E-state index in [1.807, 2.05) is 6.79 Å². The number of unbranched alkanes of at least 4 members (excludes halogenated alkanes) is 26. The van der Waals surface area contributed by atoms with Crippen LogP contribution in [0.4, 0.5) is 0 Å². The summed E-state index contributed by atoms with van der Waals surface area (Å²) < 4.78 is 0. The third-order valence-corrected chi connectivity index (χ3v) is 9.98. The standard InChI is InChI=1S/C27H55NO.C17H36O.CH2O/c1-4-6-8-10-12-13-15-19-23-27(29)24-20-16-14-18-22-26-28(3)25-21-17-11-9-7-5-2;1-3-5-7-9-11-13-15-17(18)16-14-12-10-8-6-4-2;1-2/h4-26H2,1-3H3;17-18H,3-16H2,1-2H3;1H2. The van der Waals surface area contributed by atoms with Crippen LogP contribution in [0.15, 0.2) is 0 Å². The maximum atomic E-state index is 12.0. The van der Waals surface area contributed by atoms with Crippen molar-refractivity contribution in [2.24, 2.45) is 0 Å². The Morgan fingerprint density at radius 1 is 0.429 bits per heavy atom. The van der Waals surface area contributed by atoms with Crippen molar-refractivity contribution in [1.29, 1.82) is 0 Å². The molecule has 0 heterocycles. The van der Waals surface area contributed by atoms with Crippen molar-refractivity contribution in [1.82, 2.24) is 4.90 Å². The van der Waals surface area contributed by atoms with Crippen molar-refractivity contribution in [3.63, 3.8) is 0 Å². The fraction of sp³-hybridized carbons (Fsp3) is 0.956. The molecular weight excluding hydrogens is 602 g/mol. The molecule has 0 aliphatic heterocycles. The van der Waals surface area contributed by atoms with Gasteiger partial charge in [-0.3, -0.25) is 4.79 Å². The first kappa shape index (κ1) is 52.6. The van der Waals surface area contributed by atoms with Crippen molar-refractivity contribution in [3.05, 3.63) is 0 Å². The largest absolute Gasteiger partial charge is 0.393 e. The number of carbonyl (C=O) groups is 2. The average Bonchev–Trinajstić information content (AvgIpc) is 3.11. The topological polar surface area (TPSA) is 57.6 Å². The lowest BCUT2D eigenvalue weighted by atomic mass is 10.0. The van der Waals surface area contributed by atoms with Crippen LogP contribution in [0.1, 0.15) is 252 Å². The molecule has 0 aromatic rings. The summed E-state index contributed by atoms with van der Waals surface area (Å²) in [6.45, 7) is 13.6. The van der Waals surface area contributed by atoms with Crippen LogP contribution in [0.2, 0.25) is 0 Å². The summed E-state index contributed by atoms with van der Waals surface area (Å²) in [5, 5.41) is 9.85. The van der Waals surface area contributed by atoms with Gasteiger partial charge in [0, 0.05) is 12.8 Å². The van der Waals surface area contributed by atoms with Gasteiger partial charge in [0.15, 0.2) is 0 Å². The van der Waals surface area contributed by atoms with Crippen LogP contribution in [0, 0.1) is 0 Å². The molecule has 0 aromatic heterocycles. The number of hydrogen-bond donors (Lipinski definition) is 1. The first-order valence-electron chi connectivity index (χ1n) is 22.2. The van der Waals surface area contributed by atoms with Crippen LogP contribution >= 0.6 is 0 Å². The van der Waals surface area contributed by atoms with Crippen molar-refractivity contribution >= 4 is 12.6 Å². The molecule has 0 radical (unpaired) electrons. The van der Waals surface area contributed by atoms with E-state index in [0.29, 0.717) is 5.78 Å². The predicted octanol–water partition coefficient (Wildman–Crippen LogP) is 14.4. The first-order valence-corrected chi connectivity index (χ1v) is 22.2. The molecule has 49 heavy (non-hydrogen) atoms. The Labute approximate surface area is 310 Å². The van der Waals surface area contributed by atoms with Gasteiger partial charge in [0.2, 0.25) is 0 Å². The number of rotatable bonds is 38. The first-order chi connectivity index (χ1) is 24.0. The molecule has 0 bridgehead atoms. The molecular formula is C45H93NO3. The molecule has 296 valence electrons. The molecule has 0 aliphatic carbocycles. The maximum Gasteiger partial charge on any atom is 0.132 e. The summed E-state index contributed by atoms with van der Waals surface area (Å²) in [7, 11) is 2.27. The zero-order chi connectivity index (χ0) is 36.9. The van der Waals surface area contributed by atoms with Gasteiger partial charge in [-0.2, -0.15) is 0 Å². The lowest BCUT2D eigenvalue weighted by Gasteiger charge is -2.16. The van der Waals surface area contributed by atoms with Gasteiger partial charge in [0.1, 0.15) is 12.6 Å². The van der Waals surface area contributed by atoms with Crippen LogP contribution in [-0.4, -0.2) is 48.8 Å². The molecule has 0 fully saturated rings. The van der Waals surface area contributed by atoms with Crippen molar-refractivity contribution < 1.29 is 14.7 Å². The predicted molar refractivity (Wildman–Crippen MR) is 220 cm³/mol. The summed E-state index contributed by atoms with van der Waals surface area (Å²) in [6.07, 6.45) is 44.8. The van der Waals surface area contributed by atoms with Gasteiger partial charge in [-0.1, -0.05) is 201 Å². The van der Waals surface area contributed by atoms with E-state index in [2.05, 4.69) is 39.6 Å². The van der Waals surface area contributed by atoms with Crippen molar-refractivity contribution in [2.75, 3.05) is 20.1 Å². The van der Waals surface area contributed by atoms with E-state index in [1.54, 1.807) is 0 Å². The third-order valence-electron chi connectivity index (χ3n) is 9.98. The Bertz CT molecular complexity index is 568. The fourth-order valence-corrected chi connectivity index (χ4v) is 6.55. The quantitative estimate of drug-likeness (QED) is 0.0653. The molecule has 0 amide bonds. The summed E-state index contributed by atoms with van der Waals surface area (Å²) >= 11 is 0. The Kier molecular flexibility index (Phi) is 53.0. The molecule has 4 heteroatoms. The zero-order valence-electron chi connectivity index (χ0n) is 34.7. The highest BCUT2D eigenvalue weighted by molar-refractivity contribution is 5.78. The average molecular weight is 696 g/mol. The van der Waals surface area contributed by atoms with Crippen LogP contribution in [0.3, 0.4) is 0 Å². The van der Waals surface area contributed by atoms with Gasteiger partial charge in [0.25, 0.3) is 0 Å². The van der Waals surface area contributed by atoms with Crippen molar-refractivity contribution in [3.8, 4) is 0 Å². The molecule has 0 unspecified atom stereocenters. The maximum absolute atomic E-state index is 12.0. The number of hydrogen-bond acceptors (Lipinski definition) is 4. The zero-order valence-corrected chi connectivity index (χ0v) is 34.7. The molecule has 0 atom stereocenters. The van der Waals surface area contributed by atoms with Crippen LogP contribution in [0.5, 0.6) is 0 Å². The number of nitrogens with zero attached hydrogens (tertiary/aromatic N) is 1. The highest BCUT2D eigenvalue weighted by Gasteiger charge is 2.04. The van der Waals surface area contributed by atoms with E-state index >= 15 is 0 Å². The summed E-state index contributed by atoms with van der Waals surface area (Å²) in [5.41, 5.74) is 0. The lowest BCUT2D eigenvalue weighted by Crippen LogP contribution is -2.20. The van der Waals surface area contributed by atoms with E-state index in [1.165, 1.54) is 199 Å². The molecule has 1 N–H and O–H groups in total. The Hall–Kier alpha value is -0.740. The van der Waals surface area contributed by atoms with Gasteiger partial charge >= 0.3 is 0 Å². The summed E-state index contributed by atoms with van der Waals surface area (Å²) in [4.78, 5) is 22.5. The fourth-order valence-electron chi connectivity index (χ4n) is 6.55. The second-order valence-corrected chi connectivity index (χ2v) is 15.1. The van der Waals surface area contributed by atoms with Gasteiger partial charge in [-0.15, -0.1) is 0 Å². The van der Waals surface area contributed by atoms with E-state index in [4.69, 9.17) is 4.79 Å². The van der Waals surface area contributed by atoms with E-state index in [0.717, 1.165) is 38.5 Å². The summed E-state index contributed by atoms with van der Waals surface area (Å²) in [5.74, 6) is 0.509. The number of carbonyl (C=O) groups excluding carboxylic acids is 2. The normalized spacial score (nSPS) is 11.0. The SMILES string of the molecule is C=O.CCCCCCCCC(O)CCCCCCCC.CCCCCCCCCCC(=O)CCCCCCCN(C)CCCCCCCC. The second-order valence-electron chi connectivity index (χ2n) is 15.1. The van der Waals surface area contributed by atoms with Gasteiger partial charge in [0.05, 0.1) is 6.10 Å². The highest BCUT2D eigenvalue weighted by Crippen LogP contribution is 2.15. The number of Topliss-reactive ketones (excluding diaryl/α,β-unsaturated/α-hetero) is 1. The monoisotopic (exact) mass is 696 g/mol. The minimum absolute atomic E-state index is 0.0256.